The molecule has 0 spiro atoms. The van der Waals surface area contributed by atoms with Gasteiger partial charge in [-0.05, 0) is 0 Å². The van der Waals surface area contributed by atoms with Crippen molar-refractivity contribution in [3.05, 3.63) is 66.2 Å². The van der Waals surface area contributed by atoms with Crippen LogP contribution >= 0.6 is 7.06 Å². The molecular weight excluding hydrogens is 295 g/mol. The fourth-order valence-electron chi connectivity index (χ4n) is 2.96. The van der Waals surface area contributed by atoms with Crippen molar-refractivity contribution in [3.8, 4) is 11.5 Å². The van der Waals surface area contributed by atoms with Gasteiger partial charge in [0.2, 0.25) is 0 Å². The van der Waals surface area contributed by atoms with Gasteiger partial charge >= 0.3 is 131 Å². The van der Waals surface area contributed by atoms with Crippen molar-refractivity contribution in [1.29, 1.82) is 0 Å². The quantitative estimate of drug-likeness (QED) is 0.690. The molecule has 0 fully saturated rings. The van der Waals surface area contributed by atoms with E-state index in [0.29, 0.717) is 18.1 Å². The molecule has 1 N–H and O–H groups in total. The second-order valence-corrected chi connectivity index (χ2v) is 9.94. The molecule has 22 heavy (non-hydrogen) atoms. The van der Waals surface area contributed by atoms with Crippen LogP contribution in [0.3, 0.4) is 0 Å². The van der Waals surface area contributed by atoms with Gasteiger partial charge in [0.25, 0.3) is 0 Å². The average Bonchev–Trinajstić information content (AvgIpc) is 2.86. The van der Waals surface area contributed by atoms with E-state index in [1.165, 1.54) is 5.57 Å². The molecule has 0 saturated carbocycles. The Labute approximate surface area is 131 Å². The van der Waals surface area contributed by atoms with E-state index in [4.69, 9.17) is 9.26 Å². The Morgan fingerprint density at radius 2 is 1.59 bits per heavy atom. The van der Waals surface area contributed by atoms with E-state index in [9.17, 15) is 4.89 Å². The van der Waals surface area contributed by atoms with Crippen molar-refractivity contribution in [2.75, 3.05) is 19.4 Å². The monoisotopic (exact) mass is 316 g/mol. The molecule has 1 heterocycles. The van der Waals surface area contributed by atoms with Gasteiger partial charge in [-0.15, -0.1) is 0 Å². The van der Waals surface area contributed by atoms with Crippen LogP contribution < -0.4 is 14.6 Å². The molecule has 0 aliphatic carbocycles. The second kappa shape index (κ2) is 5.42. The van der Waals surface area contributed by atoms with Crippen molar-refractivity contribution in [2.24, 2.45) is 0 Å². The van der Waals surface area contributed by atoms with Gasteiger partial charge in [0.15, 0.2) is 0 Å². The van der Waals surface area contributed by atoms with Gasteiger partial charge in [0.05, 0.1) is 0 Å². The van der Waals surface area contributed by atoms with Crippen LogP contribution in [0.2, 0.25) is 0 Å². The summed E-state index contributed by atoms with van der Waals surface area (Å²) in [5.74, 6) is 1.45. The molecule has 1 aliphatic heterocycles. The molecule has 2 aromatic carbocycles. The van der Waals surface area contributed by atoms with Gasteiger partial charge in [0, 0.05) is 0 Å². The zero-order valence-corrected chi connectivity index (χ0v) is 13.8. The zero-order valence-electron chi connectivity index (χ0n) is 12.9. The molecule has 4 heteroatoms. The number of ether oxygens (including phenoxy) is 1. The third-order valence-corrected chi connectivity index (χ3v) is 8.31. The van der Waals surface area contributed by atoms with Gasteiger partial charge in [-0.3, -0.25) is 0 Å². The maximum absolute atomic E-state index is 11.7. The van der Waals surface area contributed by atoms with Gasteiger partial charge in [0.1, 0.15) is 0 Å². The van der Waals surface area contributed by atoms with E-state index < -0.39 is 7.06 Å². The number of benzene rings is 2. The second-order valence-electron chi connectivity index (χ2n) is 5.85. The summed E-state index contributed by atoms with van der Waals surface area (Å²) in [4.78, 5) is 11.7. The first-order valence-corrected chi connectivity index (χ1v) is 9.81. The Hall–Kier alpha value is -1.83. The standard InChI is InChI=1S/C18H21O3P/c1-15-12-13-22(19,14-15,18-6-4-3-5-7-18)21-17-10-8-16(20-2)9-11-17/h3-12,19H,13-14H2,1-2H3. The molecule has 2 aromatic rings. The van der Waals surface area contributed by atoms with E-state index in [0.717, 1.165) is 11.1 Å². The van der Waals surface area contributed by atoms with Crippen LogP contribution in [-0.4, -0.2) is 24.3 Å². The maximum atomic E-state index is 11.7. The Balaban J connectivity index is 2.00. The molecule has 3 rings (SSSR count). The molecule has 0 saturated heterocycles. The molecule has 0 aromatic heterocycles. The summed E-state index contributed by atoms with van der Waals surface area (Å²) in [5.41, 5.74) is 1.18. The van der Waals surface area contributed by atoms with Crippen LogP contribution in [0.4, 0.5) is 0 Å². The molecule has 0 radical (unpaired) electrons. The van der Waals surface area contributed by atoms with Crippen LogP contribution in [0.1, 0.15) is 6.92 Å². The van der Waals surface area contributed by atoms with Gasteiger partial charge in [-0.1, -0.05) is 0 Å². The van der Waals surface area contributed by atoms with Crippen LogP contribution in [0.15, 0.2) is 66.2 Å². The molecule has 0 unspecified atom stereocenters. The summed E-state index contributed by atoms with van der Waals surface area (Å²) in [7, 11) is -1.83. The molecule has 1 aliphatic rings. The molecule has 116 valence electrons. The van der Waals surface area contributed by atoms with Crippen LogP contribution in [-0.2, 0) is 0 Å². The molecule has 0 bridgehead atoms. The first-order valence-electron chi connectivity index (χ1n) is 7.34. The predicted octanol–water partition coefficient (Wildman–Crippen LogP) is 3.74. The van der Waals surface area contributed by atoms with Crippen molar-refractivity contribution in [3.63, 3.8) is 0 Å². The molecule has 0 atom stereocenters. The van der Waals surface area contributed by atoms with Crippen LogP contribution in [0.5, 0.6) is 11.5 Å². The summed E-state index contributed by atoms with van der Waals surface area (Å²) in [5, 5.41) is 0.900. The summed E-state index contributed by atoms with van der Waals surface area (Å²) < 4.78 is 11.5. The predicted molar refractivity (Wildman–Crippen MR) is 92.3 cm³/mol. The van der Waals surface area contributed by atoms with E-state index in [1.807, 2.05) is 61.5 Å². The van der Waals surface area contributed by atoms with Gasteiger partial charge in [-0.2, -0.15) is 0 Å². The van der Waals surface area contributed by atoms with E-state index in [-0.39, 0.29) is 0 Å². The third kappa shape index (κ3) is 2.63. The zero-order chi connectivity index (χ0) is 15.7. The Morgan fingerprint density at radius 1 is 0.955 bits per heavy atom. The summed E-state index contributed by atoms with van der Waals surface area (Å²) in [6, 6.07) is 17.2. The van der Waals surface area contributed by atoms with Crippen molar-refractivity contribution in [1.82, 2.24) is 0 Å². The first-order chi connectivity index (χ1) is 10.5. The van der Waals surface area contributed by atoms with Gasteiger partial charge in [-0.25, -0.2) is 0 Å². The SMILES string of the molecule is COc1ccc(OP2(O)(c3ccccc3)CC=C(C)C2)cc1. The van der Waals surface area contributed by atoms with Crippen molar-refractivity contribution < 1.29 is 14.2 Å². The molecule has 0 amide bonds. The number of hydrogen-bond acceptors (Lipinski definition) is 3. The topological polar surface area (TPSA) is 38.7 Å². The van der Waals surface area contributed by atoms with Crippen molar-refractivity contribution >= 4 is 12.4 Å². The summed E-state index contributed by atoms with van der Waals surface area (Å²) >= 11 is 0. The number of rotatable bonds is 4. The van der Waals surface area contributed by atoms with Crippen molar-refractivity contribution in [2.45, 2.75) is 6.92 Å². The Kier molecular flexibility index (Phi) is 3.72. The summed E-state index contributed by atoms with van der Waals surface area (Å²) in [6.07, 6.45) is 3.24. The van der Waals surface area contributed by atoms with Crippen LogP contribution in [0.25, 0.3) is 0 Å². The molecule has 3 nitrogen and oxygen atoms in total. The number of allylic oxidation sites excluding steroid dienone is 2. The molecular formula is C18H21O3P. The van der Waals surface area contributed by atoms with Gasteiger partial charge < -0.3 is 0 Å². The van der Waals surface area contributed by atoms with E-state index in [1.54, 1.807) is 7.11 Å². The minimum absolute atomic E-state index is 0.563. The summed E-state index contributed by atoms with van der Waals surface area (Å²) in [6.45, 7) is 2.05. The third-order valence-electron chi connectivity index (χ3n) is 4.11. The van der Waals surface area contributed by atoms with E-state index >= 15 is 0 Å². The Morgan fingerprint density at radius 3 is 2.14 bits per heavy atom. The first kappa shape index (κ1) is 15.1. The Bertz CT molecular complexity index is 696. The fourth-order valence-corrected chi connectivity index (χ4v) is 7.04. The number of methoxy groups -OCH3 is 1. The average molecular weight is 316 g/mol. The minimum atomic E-state index is -3.46. The normalized spacial score (nSPS) is 20.5. The fraction of sp³-hybridized carbons (Fsp3) is 0.222. The number of hydrogen-bond donors (Lipinski definition) is 1. The van der Waals surface area contributed by atoms with Crippen LogP contribution in [0, 0.1) is 0 Å². The van der Waals surface area contributed by atoms with E-state index in [2.05, 4.69) is 6.08 Å².